The van der Waals surface area contributed by atoms with E-state index in [9.17, 15) is 32.7 Å². The van der Waals surface area contributed by atoms with Gasteiger partial charge in [-0.3, -0.25) is 18.8 Å². The molecule has 12 N–H and O–H groups in total. The van der Waals surface area contributed by atoms with E-state index in [1.807, 2.05) is 89.6 Å². The van der Waals surface area contributed by atoms with Crippen LogP contribution in [0.1, 0.15) is 88.9 Å². The molecule has 24 nitrogen and oxygen atoms in total. The Hall–Kier alpha value is -11.6. The number of aliphatic hydroxyl groups excluding tert-OH is 2. The van der Waals surface area contributed by atoms with Gasteiger partial charge in [-0.05, 0) is 68.3 Å². The van der Waals surface area contributed by atoms with Crippen molar-refractivity contribution in [3.63, 3.8) is 0 Å². The van der Waals surface area contributed by atoms with Gasteiger partial charge in [-0.2, -0.15) is 15.3 Å². The van der Waals surface area contributed by atoms with Crippen LogP contribution in [0.15, 0.2) is 171 Å². The van der Waals surface area contributed by atoms with Crippen LogP contribution in [-0.4, -0.2) is 113 Å². The molecular weight excluding hydrogens is 1210 g/mol. The van der Waals surface area contributed by atoms with Gasteiger partial charge in [-0.15, -0.1) is 0 Å². The van der Waals surface area contributed by atoms with Crippen LogP contribution < -0.4 is 28.3 Å². The topological polar surface area (TPSA) is 368 Å². The largest absolute Gasteiger partial charge is 0.478 e. The van der Waals surface area contributed by atoms with Crippen LogP contribution >= 0.6 is 0 Å². The average Bonchev–Trinajstić information content (AvgIpc) is 1.42. The minimum atomic E-state index is -1.33. The molecule has 11 aromatic rings. The van der Waals surface area contributed by atoms with Crippen molar-refractivity contribution >= 4 is 35.3 Å². The lowest BCUT2D eigenvalue weighted by atomic mass is 10.0. The Morgan fingerprint density at radius 1 is 0.511 bits per heavy atom. The van der Waals surface area contributed by atoms with Crippen LogP contribution in [0, 0.1) is 17.5 Å². The molecule has 0 aliphatic rings. The quantitative estimate of drug-likeness (QED) is 0.0393. The number of anilines is 3. The number of carboxylic acids is 1. The van der Waals surface area contributed by atoms with Crippen molar-refractivity contribution in [1.82, 2.24) is 64.6 Å². The van der Waals surface area contributed by atoms with E-state index in [0.29, 0.717) is 51.7 Å². The van der Waals surface area contributed by atoms with Crippen LogP contribution in [-0.2, 0) is 24.4 Å². The number of methoxy groups -OCH3 is 1. The molecule has 0 spiro atoms. The van der Waals surface area contributed by atoms with E-state index in [-0.39, 0.29) is 53.5 Å². The van der Waals surface area contributed by atoms with Crippen LogP contribution in [0.25, 0.3) is 67.5 Å². The number of hydrogen-bond acceptors (Lipinski definition) is 19. The summed E-state index contributed by atoms with van der Waals surface area (Å²) in [5.41, 5.74) is 30.3. The van der Waals surface area contributed by atoms with E-state index in [2.05, 4.69) is 55.3 Å². The van der Waals surface area contributed by atoms with Crippen molar-refractivity contribution in [3.8, 4) is 67.5 Å². The molecule has 0 fully saturated rings. The van der Waals surface area contributed by atoms with E-state index in [0.717, 1.165) is 47.0 Å². The maximum atomic E-state index is 14.9. The second-order valence-electron chi connectivity index (χ2n) is 19.9. The Morgan fingerprint density at radius 3 is 1.19 bits per heavy atom. The minimum absolute atomic E-state index is 0.00398. The maximum Gasteiger partial charge on any atom is 0.340 e. The number of nitrogens with one attached hydrogen (secondary N) is 1. The Kier molecular flexibility index (Phi) is 24.9. The second kappa shape index (κ2) is 33.5. The standard InChI is InChI=1S/C24H23FN6O2.C17H16FN5O2.C16H14FN5O2.C8H11NO.C2H6/c1-2-31-13-17(11-28-31)20-12-27-23(26)22(29-20)16-8-9-18(19(25)10-16)24(33)30-21(14-32)15-6-4-3-5-7-15;1-3-23-9-11(7-21-23)14-8-20-16(19)15(22-14)10-4-5-12(13(18)6-10)17(24)25-2;1-2-22-8-10(6-20-22)13-7-19-15(18)14(21-13)9-3-4-11(16(23)24)12(17)5-9;9-8(6-10)7-4-2-1-3-5-7;1-2/h3-13,21,32H,2,14H2,1H3,(H2,26,27)(H,30,33);4-9H,3H2,1-2H3,(H2,19,20);3-8H,2H2,1H3,(H2,18,19)(H,23,24);1-5,8,10H,6,9H2;1-2H3/t21-;;;8-;/m1..1./s1. The van der Waals surface area contributed by atoms with Gasteiger partial charge < -0.3 is 48.3 Å². The number of esters is 1. The van der Waals surface area contributed by atoms with Crippen molar-refractivity contribution < 1.29 is 47.6 Å². The van der Waals surface area contributed by atoms with Gasteiger partial charge in [0.25, 0.3) is 5.91 Å². The highest BCUT2D eigenvalue weighted by Crippen LogP contribution is 2.31. The molecule has 1 amide bonds. The molecule has 11 rings (SSSR count). The van der Waals surface area contributed by atoms with Crippen molar-refractivity contribution in [2.75, 3.05) is 37.5 Å². The summed E-state index contributed by atoms with van der Waals surface area (Å²) >= 11 is 0. The summed E-state index contributed by atoms with van der Waals surface area (Å²) in [6.45, 7) is 11.8. The van der Waals surface area contributed by atoms with Gasteiger partial charge in [0, 0.05) is 71.6 Å². The summed E-state index contributed by atoms with van der Waals surface area (Å²) in [4.78, 5) is 60.9. The third-order valence-electron chi connectivity index (χ3n) is 13.9. The van der Waals surface area contributed by atoms with E-state index < -0.39 is 46.9 Å². The minimum Gasteiger partial charge on any atom is -0.478 e. The molecule has 0 bridgehead atoms. The SMILES string of the molecule is CC.CCn1cc(-c2cnc(N)c(-c3ccc(C(=O)N[C@H](CO)c4ccccc4)c(F)c3)n2)cn1.CCn1cc(-c2cnc(N)c(-c3ccc(C(=O)O)c(F)c3)n2)cn1.CCn1cc(-c2cnc(N)c(-c3ccc(C(=O)OC)c(F)c3)n2)cn1.N[C@H](CO)c1ccccc1. The Morgan fingerprint density at radius 2 is 0.872 bits per heavy atom. The van der Waals surface area contributed by atoms with Gasteiger partial charge >= 0.3 is 11.9 Å². The number of carbonyl (C=O) groups excluding carboxylic acids is 2. The third kappa shape index (κ3) is 17.7. The lowest BCUT2D eigenvalue weighted by Gasteiger charge is -2.17. The van der Waals surface area contributed by atoms with Crippen LogP contribution in [0.3, 0.4) is 0 Å². The van der Waals surface area contributed by atoms with Gasteiger partial charge in [-0.1, -0.05) is 92.7 Å². The van der Waals surface area contributed by atoms with Crippen molar-refractivity contribution in [3.05, 3.63) is 216 Å². The maximum absolute atomic E-state index is 14.9. The summed E-state index contributed by atoms with van der Waals surface area (Å²) in [7, 11) is 1.19. The molecule has 0 aliphatic carbocycles. The molecular formula is C67H70F3N17O7. The number of benzene rings is 5. The van der Waals surface area contributed by atoms with E-state index >= 15 is 0 Å². The first-order valence-corrected chi connectivity index (χ1v) is 29.4. The summed E-state index contributed by atoms with van der Waals surface area (Å²) in [5.74, 6) is -4.59. The van der Waals surface area contributed by atoms with Crippen LogP contribution in [0.2, 0.25) is 0 Å². The monoisotopic (exact) mass is 1280 g/mol. The van der Waals surface area contributed by atoms with Gasteiger partial charge in [0.2, 0.25) is 0 Å². The fourth-order valence-electron chi connectivity index (χ4n) is 8.84. The van der Waals surface area contributed by atoms with Gasteiger partial charge in [0.1, 0.15) is 52.0 Å². The zero-order valence-corrected chi connectivity index (χ0v) is 52.1. The number of nitrogens with two attached hydrogens (primary N) is 4. The number of aromatic carboxylic acids is 1. The third-order valence-corrected chi connectivity index (χ3v) is 13.9. The molecule has 0 unspecified atom stereocenters. The fourth-order valence-corrected chi connectivity index (χ4v) is 8.84. The normalized spacial score (nSPS) is 11.2. The number of rotatable bonds is 17. The zero-order chi connectivity index (χ0) is 68.0. The first kappa shape index (κ1) is 69.9. The smallest absolute Gasteiger partial charge is 0.340 e. The number of nitrogen functional groups attached to an aromatic ring is 3. The number of aryl methyl sites for hydroxylation is 3. The molecule has 486 valence electrons. The number of ether oxygens (including phenoxy) is 1. The molecule has 2 atom stereocenters. The fraction of sp³-hybridized carbons (Fsp3) is 0.194. The molecule has 0 saturated carbocycles. The predicted molar refractivity (Wildman–Crippen MR) is 350 cm³/mol. The summed E-state index contributed by atoms with van der Waals surface area (Å²) < 4.78 is 52.8. The summed E-state index contributed by atoms with van der Waals surface area (Å²) in [6, 6.07) is 29.5. The molecule has 0 radical (unpaired) electrons. The number of aliphatic hydroxyl groups is 2. The van der Waals surface area contributed by atoms with E-state index in [1.54, 1.807) is 69.0 Å². The lowest BCUT2D eigenvalue weighted by Crippen LogP contribution is -2.31. The zero-order valence-electron chi connectivity index (χ0n) is 52.1. The highest BCUT2D eigenvalue weighted by Gasteiger charge is 2.22. The number of halogens is 3. The number of aromatic nitrogens is 12. The molecule has 0 aliphatic heterocycles. The molecule has 94 heavy (non-hydrogen) atoms. The summed E-state index contributed by atoms with van der Waals surface area (Å²) in [6.07, 6.45) is 15.1. The number of carbonyl (C=O) groups is 3. The van der Waals surface area contributed by atoms with Gasteiger partial charge in [-0.25, -0.2) is 52.7 Å². The van der Waals surface area contributed by atoms with Crippen LogP contribution in [0.4, 0.5) is 30.6 Å². The number of nitrogens with zero attached hydrogens (tertiary/aromatic N) is 12. The molecule has 27 heteroatoms. The Bertz CT molecular complexity index is 4340. The first-order valence-electron chi connectivity index (χ1n) is 29.4. The van der Waals surface area contributed by atoms with Crippen LogP contribution in [0.5, 0.6) is 0 Å². The van der Waals surface area contributed by atoms with Crippen molar-refractivity contribution in [2.45, 2.75) is 66.3 Å². The molecule has 0 saturated heterocycles. The number of amides is 1. The highest BCUT2D eigenvalue weighted by atomic mass is 19.1. The van der Waals surface area contributed by atoms with Gasteiger partial charge in [0.15, 0.2) is 0 Å². The Balaban J connectivity index is 0.000000185. The molecule has 6 aromatic heterocycles. The molecule has 6 heterocycles. The average molecular weight is 1280 g/mol. The van der Waals surface area contributed by atoms with Gasteiger partial charge in [0.05, 0.1) is 103 Å². The number of hydrogen-bond donors (Lipinski definition) is 8. The molecule has 5 aromatic carbocycles. The Labute approximate surface area is 538 Å². The predicted octanol–water partition coefficient (Wildman–Crippen LogP) is 9.90. The lowest BCUT2D eigenvalue weighted by molar-refractivity contribution is 0.0594. The number of carboxylic acid groups (broad SMARTS) is 1. The van der Waals surface area contributed by atoms with Crippen molar-refractivity contribution in [2.24, 2.45) is 5.73 Å². The summed E-state index contributed by atoms with van der Waals surface area (Å²) in [5, 5.41) is 42.5. The van der Waals surface area contributed by atoms with E-state index in [4.69, 9.17) is 33.1 Å². The van der Waals surface area contributed by atoms with E-state index in [1.165, 1.54) is 62.1 Å². The second-order valence-corrected chi connectivity index (χ2v) is 19.9. The van der Waals surface area contributed by atoms with Crippen molar-refractivity contribution in [1.29, 1.82) is 0 Å². The highest BCUT2D eigenvalue weighted by molar-refractivity contribution is 5.95. The first-order chi connectivity index (χ1) is 45.4.